The fourth-order valence-electron chi connectivity index (χ4n) is 5.20. The first-order chi connectivity index (χ1) is 19.8. The Morgan fingerprint density at radius 2 is 1.10 bits per heavy atom. The molecular formula is C32H29Cl4FN2O2. The van der Waals surface area contributed by atoms with Gasteiger partial charge in [0, 0.05) is 35.3 Å². The number of ether oxygens (including phenoxy) is 2. The zero-order chi connectivity index (χ0) is 29.1. The van der Waals surface area contributed by atoms with Crippen LogP contribution in [0.4, 0.5) is 4.39 Å². The third kappa shape index (κ3) is 6.46. The second kappa shape index (κ2) is 13.2. The van der Waals surface area contributed by atoms with Crippen LogP contribution in [0.1, 0.15) is 24.0 Å². The normalized spacial score (nSPS) is 17.3. The van der Waals surface area contributed by atoms with E-state index in [0.717, 1.165) is 48.1 Å². The van der Waals surface area contributed by atoms with Gasteiger partial charge >= 0.3 is 0 Å². The topological polar surface area (TPSA) is 70.5 Å². The molecule has 0 amide bonds. The molecule has 214 valence electrons. The van der Waals surface area contributed by atoms with Gasteiger partial charge in [-0.3, -0.25) is 0 Å². The number of hydrogen-bond donors (Lipinski definition) is 2. The fourth-order valence-corrected chi connectivity index (χ4v) is 6.41. The predicted molar refractivity (Wildman–Crippen MR) is 167 cm³/mol. The van der Waals surface area contributed by atoms with Gasteiger partial charge in [0.1, 0.15) is 29.5 Å². The third-order valence-electron chi connectivity index (χ3n) is 7.26. The minimum absolute atomic E-state index is 0.0601. The largest absolute Gasteiger partial charge is 0.488 e. The number of rotatable bonds is 4. The van der Waals surface area contributed by atoms with Crippen LogP contribution in [-0.4, -0.2) is 25.3 Å². The maximum absolute atomic E-state index is 13.9. The van der Waals surface area contributed by atoms with Crippen LogP contribution < -0.4 is 20.9 Å². The van der Waals surface area contributed by atoms with Crippen molar-refractivity contribution in [3.05, 3.63) is 104 Å². The van der Waals surface area contributed by atoms with Gasteiger partial charge in [-0.2, -0.15) is 0 Å². The summed E-state index contributed by atoms with van der Waals surface area (Å²) >= 11 is 25.1. The molecule has 2 heterocycles. The lowest BCUT2D eigenvalue weighted by Crippen LogP contribution is -2.30. The smallest absolute Gasteiger partial charge is 0.131 e. The highest BCUT2D eigenvalue weighted by Crippen LogP contribution is 2.45. The van der Waals surface area contributed by atoms with Crippen molar-refractivity contribution in [2.75, 3.05) is 13.1 Å². The minimum Gasteiger partial charge on any atom is -0.488 e. The Kier molecular flexibility index (Phi) is 9.65. The first kappa shape index (κ1) is 30.0. The molecule has 0 saturated carbocycles. The maximum Gasteiger partial charge on any atom is 0.131 e. The summed E-state index contributed by atoms with van der Waals surface area (Å²) in [7, 11) is 0. The lowest BCUT2D eigenvalue weighted by Gasteiger charge is -2.27. The number of benzene rings is 4. The molecule has 0 aromatic heterocycles. The van der Waals surface area contributed by atoms with Crippen molar-refractivity contribution < 1.29 is 13.9 Å². The Morgan fingerprint density at radius 1 is 0.634 bits per heavy atom. The summed E-state index contributed by atoms with van der Waals surface area (Å²) in [5.41, 5.74) is 16.4. The molecule has 0 saturated heterocycles. The highest BCUT2D eigenvalue weighted by Gasteiger charge is 2.26. The molecule has 4 aromatic carbocycles. The van der Waals surface area contributed by atoms with Gasteiger partial charge in [0.15, 0.2) is 0 Å². The predicted octanol–water partition coefficient (Wildman–Crippen LogP) is 8.76. The molecule has 0 aliphatic carbocycles. The molecule has 0 bridgehead atoms. The van der Waals surface area contributed by atoms with Crippen LogP contribution in [0, 0.1) is 5.82 Å². The molecule has 4 N–H and O–H groups in total. The summed E-state index contributed by atoms with van der Waals surface area (Å²) in [6, 6.07) is 19.7. The van der Waals surface area contributed by atoms with E-state index < -0.39 is 0 Å². The van der Waals surface area contributed by atoms with E-state index >= 15 is 0 Å². The summed E-state index contributed by atoms with van der Waals surface area (Å²) in [5.74, 6) is 1.17. The number of halogens is 5. The van der Waals surface area contributed by atoms with Crippen molar-refractivity contribution in [3.63, 3.8) is 0 Å². The molecule has 4 nitrogen and oxygen atoms in total. The molecule has 41 heavy (non-hydrogen) atoms. The van der Waals surface area contributed by atoms with E-state index in [1.54, 1.807) is 18.2 Å². The van der Waals surface area contributed by atoms with E-state index in [1.807, 2.05) is 30.3 Å². The Morgan fingerprint density at radius 3 is 1.63 bits per heavy atom. The zero-order valence-electron chi connectivity index (χ0n) is 22.1. The molecule has 2 unspecified atom stereocenters. The molecule has 4 aromatic rings. The third-order valence-corrected chi connectivity index (χ3v) is 8.52. The van der Waals surface area contributed by atoms with Gasteiger partial charge < -0.3 is 20.9 Å². The highest BCUT2D eigenvalue weighted by molar-refractivity contribution is 6.40. The van der Waals surface area contributed by atoms with Crippen LogP contribution in [-0.2, 0) is 12.8 Å². The second-order valence-corrected chi connectivity index (χ2v) is 11.6. The minimum atomic E-state index is -0.325. The van der Waals surface area contributed by atoms with Gasteiger partial charge in [0.25, 0.3) is 0 Å². The van der Waals surface area contributed by atoms with Crippen LogP contribution >= 0.6 is 46.4 Å². The second-order valence-electron chi connectivity index (χ2n) is 9.96. The highest BCUT2D eigenvalue weighted by atomic mass is 35.5. The average Bonchev–Trinajstić information content (AvgIpc) is 2.97. The molecule has 0 radical (unpaired) electrons. The van der Waals surface area contributed by atoms with E-state index in [1.165, 1.54) is 17.7 Å². The van der Waals surface area contributed by atoms with E-state index in [4.69, 9.17) is 67.3 Å². The number of fused-ring (bicyclic) bond motifs is 2. The van der Waals surface area contributed by atoms with Crippen molar-refractivity contribution >= 4 is 46.4 Å². The van der Waals surface area contributed by atoms with Crippen molar-refractivity contribution in [2.45, 2.75) is 37.9 Å². The molecule has 6 rings (SSSR count). The molecule has 2 aliphatic heterocycles. The van der Waals surface area contributed by atoms with Crippen LogP contribution in [0.5, 0.6) is 11.5 Å². The van der Waals surface area contributed by atoms with E-state index in [-0.39, 0.29) is 18.0 Å². The first-order valence-corrected chi connectivity index (χ1v) is 14.9. The van der Waals surface area contributed by atoms with Crippen LogP contribution in [0.15, 0.2) is 66.7 Å². The summed E-state index contributed by atoms with van der Waals surface area (Å²) in [6.07, 6.45) is 3.41. The van der Waals surface area contributed by atoms with Crippen LogP contribution in [0.25, 0.3) is 22.3 Å². The van der Waals surface area contributed by atoms with E-state index in [9.17, 15) is 4.39 Å². The summed E-state index contributed by atoms with van der Waals surface area (Å²) in [6.45, 7) is 0.941. The van der Waals surface area contributed by atoms with Crippen molar-refractivity contribution in [2.24, 2.45) is 11.5 Å². The van der Waals surface area contributed by atoms with Gasteiger partial charge in [-0.05, 0) is 73.2 Å². The standard InChI is InChI=1S/C16H14Cl2FNO.C16H15Cl2NO/c17-13-2-1-3-14(18)15(13)12-7-10(19)6-9-4-5-11(8-20)21-16(9)12;17-13-5-2-6-14(18)15(13)12-4-1-3-10-7-8-11(9-19)20-16(10)12/h1-3,6-7,11H,4-5,8,20H2;1-6,11H,7-9,19H2. The van der Waals surface area contributed by atoms with Crippen molar-refractivity contribution in [3.8, 4) is 33.8 Å². The number of hydrogen-bond acceptors (Lipinski definition) is 4. The van der Waals surface area contributed by atoms with Crippen LogP contribution in [0.3, 0.4) is 0 Å². The van der Waals surface area contributed by atoms with Crippen molar-refractivity contribution in [1.82, 2.24) is 0 Å². The monoisotopic (exact) mass is 632 g/mol. The summed E-state index contributed by atoms with van der Waals surface area (Å²) in [5, 5.41) is 2.19. The van der Waals surface area contributed by atoms with E-state index in [2.05, 4.69) is 6.07 Å². The molecule has 0 spiro atoms. The molecule has 9 heteroatoms. The van der Waals surface area contributed by atoms with Crippen molar-refractivity contribution in [1.29, 1.82) is 0 Å². The van der Waals surface area contributed by atoms with Crippen LogP contribution in [0.2, 0.25) is 20.1 Å². The van der Waals surface area contributed by atoms with Gasteiger partial charge in [-0.15, -0.1) is 0 Å². The molecule has 0 fully saturated rings. The lowest BCUT2D eigenvalue weighted by molar-refractivity contribution is 0.182. The Hall–Kier alpha value is -2.51. The van der Waals surface area contributed by atoms with Gasteiger partial charge in [-0.1, -0.05) is 76.7 Å². The van der Waals surface area contributed by atoms with Gasteiger partial charge in [-0.25, -0.2) is 4.39 Å². The van der Waals surface area contributed by atoms with Gasteiger partial charge in [0.2, 0.25) is 0 Å². The molecule has 2 atom stereocenters. The Balaban J connectivity index is 0.000000165. The average molecular weight is 634 g/mol. The number of para-hydroxylation sites is 1. The lowest BCUT2D eigenvalue weighted by atomic mass is 9.95. The Labute approximate surface area is 259 Å². The van der Waals surface area contributed by atoms with Gasteiger partial charge in [0.05, 0.1) is 20.1 Å². The summed E-state index contributed by atoms with van der Waals surface area (Å²) in [4.78, 5) is 0. The van der Waals surface area contributed by atoms with E-state index in [0.29, 0.717) is 50.1 Å². The zero-order valence-corrected chi connectivity index (χ0v) is 25.1. The molecule has 2 aliphatic rings. The maximum atomic E-state index is 13.9. The quantitative estimate of drug-likeness (QED) is 0.236. The summed E-state index contributed by atoms with van der Waals surface area (Å²) < 4.78 is 25.9. The first-order valence-electron chi connectivity index (χ1n) is 13.4. The molecular weight excluding hydrogens is 605 g/mol. The number of aryl methyl sites for hydroxylation is 2. The fraction of sp³-hybridized carbons (Fsp3) is 0.250. The SMILES string of the molecule is NCC1CCc2cc(F)cc(-c3c(Cl)cccc3Cl)c2O1.NCC1CCc2cccc(-c3c(Cl)cccc3Cl)c2O1. The Bertz CT molecular complexity index is 1520. The number of nitrogens with two attached hydrogens (primary N) is 2.